The van der Waals surface area contributed by atoms with Crippen LogP contribution >= 0.6 is 11.3 Å². The fourth-order valence-electron chi connectivity index (χ4n) is 2.93. The number of anilines is 1. The van der Waals surface area contributed by atoms with Crippen molar-refractivity contribution in [2.45, 2.75) is 33.0 Å². The lowest BCUT2D eigenvalue weighted by atomic mass is 10.0. The summed E-state index contributed by atoms with van der Waals surface area (Å²) in [7, 11) is 0. The van der Waals surface area contributed by atoms with Crippen molar-refractivity contribution in [3.05, 3.63) is 57.1 Å². The molecule has 9 heteroatoms. The molecule has 0 saturated carbocycles. The van der Waals surface area contributed by atoms with E-state index in [9.17, 15) is 22.8 Å². The minimum Gasteiger partial charge on any atom is -0.333 e. The molecular weight excluding hydrogens is 391 g/mol. The highest BCUT2D eigenvalue weighted by Crippen LogP contribution is 2.31. The normalized spacial score (nSPS) is 14.6. The Morgan fingerprint density at radius 2 is 2.11 bits per heavy atom. The Hall–Kier alpha value is -2.68. The molecule has 1 aliphatic heterocycles. The minimum atomic E-state index is -4.58. The van der Waals surface area contributed by atoms with E-state index in [4.69, 9.17) is 0 Å². The molecule has 0 spiro atoms. The van der Waals surface area contributed by atoms with Gasteiger partial charge in [0, 0.05) is 34.3 Å². The Morgan fingerprint density at radius 1 is 1.36 bits per heavy atom. The summed E-state index contributed by atoms with van der Waals surface area (Å²) in [6.07, 6.45) is -1.29. The molecule has 0 aromatic carbocycles. The average molecular weight is 409 g/mol. The van der Waals surface area contributed by atoms with Crippen molar-refractivity contribution in [2.75, 3.05) is 11.9 Å². The predicted molar refractivity (Wildman–Crippen MR) is 100 cm³/mol. The first kappa shape index (κ1) is 20.1. The third-order valence-corrected chi connectivity index (χ3v) is 5.57. The van der Waals surface area contributed by atoms with E-state index in [0.717, 1.165) is 22.7 Å². The van der Waals surface area contributed by atoms with Crippen LogP contribution in [0.5, 0.6) is 0 Å². The zero-order chi connectivity index (χ0) is 20.5. The monoisotopic (exact) mass is 409 g/mol. The number of nitrogens with one attached hydrogen (secondary N) is 1. The summed E-state index contributed by atoms with van der Waals surface area (Å²) in [6, 6.07) is 2.11. The van der Waals surface area contributed by atoms with Crippen LogP contribution in [-0.2, 0) is 23.9 Å². The van der Waals surface area contributed by atoms with Crippen LogP contribution < -0.4 is 5.32 Å². The number of thiophene rings is 1. The van der Waals surface area contributed by atoms with Gasteiger partial charge in [-0.2, -0.15) is 13.2 Å². The average Bonchev–Trinajstić information content (AvgIpc) is 3.09. The number of rotatable bonds is 3. The number of carbonyl (C=O) groups is 2. The van der Waals surface area contributed by atoms with E-state index in [1.165, 1.54) is 17.4 Å². The van der Waals surface area contributed by atoms with Crippen LogP contribution in [-0.4, -0.2) is 28.2 Å². The van der Waals surface area contributed by atoms with Crippen LogP contribution in [0.2, 0.25) is 0 Å². The zero-order valence-corrected chi connectivity index (χ0v) is 16.1. The van der Waals surface area contributed by atoms with Crippen molar-refractivity contribution >= 4 is 28.8 Å². The number of alkyl halides is 3. The number of fused-ring (bicyclic) bond motifs is 1. The number of carbonyl (C=O) groups excluding carboxylic acids is 2. The summed E-state index contributed by atoms with van der Waals surface area (Å²) in [5.74, 6) is -0.509. The van der Waals surface area contributed by atoms with Gasteiger partial charge < -0.3 is 10.2 Å². The second-order valence-electron chi connectivity index (χ2n) is 6.38. The number of allylic oxidation sites excluding steroid dienone is 1. The van der Waals surface area contributed by atoms with Gasteiger partial charge in [0.2, 0.25) is 5.91 Å². The quantitative estimate of drug-likeness (QED) is 0.771. The van der Waals surface area contributed by atoms with Gasteiger partial charge in [-0.1, -0.05) is 6.08 Å². The standard InChI is InChI=1S/C19H18F3N3O2S/c1-3-11(2)18(27)25-7-5-13-14(10-28-15(13)9-25)17(26)24-12-4-6-23-16(8-12)19(20,21)22/h3-4,6,8,10H,5,7,9H2,1-2H3,(H,23,24,26)/b11-3+. The highest BCUT2D eigenvalue weighted by atomic mass is 32.1. The minimum absolute atomic E-state index is 0.0311. The van der Waals surface area contributed by atoms with Gasteiger partial charge in [0.15, 0.2) is 0 Å². The summed E-state index contributed by atoms with van der Waals surface area (Å²) in [4.78, 5) is 30.8. The van der Waals surface area contributed by atoms with E-state index in [2.05, 4.69) is 10.3 Å². The lowest BCUT2D eigenvalue weighted by Gasteiger charge is -2.27. The Morgan fingerprint density at radius 3 is 2.79 bits per heavy atom. The second-order valence-corrected chi connectivity index (χ2v) is 7.35. The first-order chi connectivity index (χ1) is 13.2. The molecule has 3 rings (SSSR count). The molecule has 1 aliphatic rings. The Kier molecular flexibility index (Phi) is 5.55. The van der Waals surface area contributed by atoms with E-state index >= 15 is 0 Å². The molecule has 0 aliphatic carbocycles. The summed E-state index contributed by atoms with van der Waals surface area (Å²) in [5, 5.41) is 4.19. The zero-order valence-electron chi connectivity index (χ0n) is 15.3. The molecular formula is C19H18F3N3O2S. The first-order valence-corrected chi connectivity index (χ1v) is 9.44. The van der Waals surface area contributed by atoms with Crippen molar-refractivity contribution in [2.24, 2.45) is 0 Å². The van der Waals surface area contributed by atoms with Gasteiger partial charge in [-0.25, -0.2) is 0 Å². The summed E-state index contributed by atoms with van der Waals surface area (Å²) in [5.41, 5.74) is 0.904. The summed E-state index contributed by atoms with van der Waals surface area (Å²) in [6.45, 7) is 4.47. The van der Waals surface area contributed by atoms with Gasteiger partial charge >= 0.3 is 6.18 Å². The Labute approximate surface area is 163 Å². The highest BCUT2D eigenvalue weighted by Gasteiger charge is 2.33. The molecule has 0 bridgehead atoms. The predicted octanol–water partition coefficient (Wildman–Crippen LogP) is 4.27. The summed E-state index contributed by atoms with van der Waals surface area (Å²) >= 11 is 1.37. The molecule has 0 fully saturated rings. The number of amides is 2. The molecule has 0 radical (unpaired) electrons. The fraction of sp³-hybridized carbons (Fsp3) is 0.316. The van der Waals surface area contributed by atoms with Gasteiger partial charge in [-0.05, 0) is 38.0 Å². The Balaban J connectivity index is 1.76. The molecule has 0 atom stereocenters. The third kappa shape index (κ3) is 4.09. The topological polar surface area (TPSA) is 62.3 Å². The van der Waals surface area contributed by atoms with E-state index in [1.54, 1.807) is 30.2 Å². The smallest absolute Gasteiger partial charge is 0.333 e. The van der Waals surface area contributed by atoms with Crippen LogP contribution in [0.15, 0.2) is 35.4 Å². The highest BCUT2D eigenvalue weighted by molar-refractivity contribution is 7.10. The van der Waals surface area contributed by atoms with Crippen molar-refractivity contribution in [3.63, 3.8) is 0 Å². The van der Waals surface area contributed by atoms with E-state index < -0.39 is 17.8 Å². The number of hydrogen-bond donors (Lipinski definition) is 1. The molecule has 28 heavy (non-hydrogen) atoms. The maximum absolute atomic E-state index is 12.8. The van der Waals surface area contributed by atoms with Crippen LogP contribution in [0.4, 0.5) is 18.9 Å². The van der Waals surface area contributed by atoms with E-state index in [0.29, 0.717) is 30.6 Å². The van der Waals surface area contributed by atoms with E-state index in [1.807, 2.05) is 0 Å². The van der Waals surface area contributed by atoms with Gasteiger partial charge in [0.25, 0.3) is 5.91 Å². The lowest BCUT2D eigenvalue weighted by Crippen LogP contribution is -2.36. The van der Waals surface area contributed by atoms with Crippen molar-refractivity contribution < 1.29 is 22.8 Å². The van der Waals surface area contributed by atoms with Gasteiger partial charge in [-0.15, -0.1) is 11.3 Å². The molecule has 0 saturated heterocycles. The molecule has 148 valence electrons. The number of hydrogen-bond acceptors (Lipinski definition) is 4. The van der Waals surface area contributed by atoms with Crippen LogP contribution in [0.1, 0.15) is 40.3 Å². The largest absolute Gasteiger partial charge is 0.433 e. The van der Waals surface area contributed by atoms with Gasteiger partial charge in [0.05, 0.1) is 12.1 Å². The van der Waals surface area contributed by atoms with Gasteiger partial charge in [-0.3, -0.25) is 14.6 Å². The third-order valence-electron chi connectivity index (χ3n) is 4.56. The van der Waals surface area contributed by atoms with Crippen LogP contribution in [0.3, 0.4) is 0 Å². The van der Waals surface area contributed by atoms with Crippen LogP contribution in [0.25, 0.3) is 0 Å². The lowest BCUT2D eigenvalue weighted by molar-refractivity contribution is -0.141. The van der Waals surface area contributed by atoms with Crippen LogP contribution in [0, 0.1) is 0 Å². The second kappa shape index (κ2) is 7.75. The number of nitrogens with zero attached hydrogens (tertiary/aromatic N) is 2. The maximum Gasteiger partial charge on any atom is 0.433 e. The number of aromatic nitrogens is 1. The number of pyridine rings is 1. The Bertz CT molecular complexity index is 950. The maximum atomic E-state index is 12.8. The van der Waals surface area contributed by atoms with Crippen molar-refractivity contribution in [3.8, 4) is 0 Å². The van der Waals surface area contributed by atoms with Gasteiger partial charge in [0.1, 0.15) is 5.69 Å². The fourth-order valence-corrected chi connectivity index (χ4v) is 4.02. The molecule has 2 amide bonds. The van der Waals surface area contributed by atoms with Crippen molar-refractivity contribution in [1.29, 1.82) is 0 Å². The van der Waals surface area contributed by atoms with E-state index in [-0.39, 0.29) is 11.6 Å². The summed E-state index contributed by atoms with van der Waals surface area (Å²) < 4.78 is 38.3. The molecule has 0 unspecified atom stereocenters. The molecule has 2 aromatic heterocycles. The number of halogens is 3. The SMILES string of the molecule is C/C=C(\C)C(=O)N1CCc2c(C(=O)Nc3ccnc(C(F)(F)F)c3)csc2C1. The molecule has 5 nitrogen and oxygen atoms in total. The molecule has 3 heterocycles. The van der Waals surface area contributed by atoms with Crippen molar-refractivity contribution in [1.82, 2.24) is 9.88 Å². The first-order valence-electron chi connectivity index (χ1n) is 8.56. The molecule has 2 aromatic rings. The molecule has 1 N–H and O–H groups in total.